The van der Waals surface area contributed by atoms with E-state index in [4.69, 9.17) is 5.26 Å². The molecule has 0 bridgehead atoms. The normalized spacial score (nSPS) is 21.9. The van der Waals surface area contributed by atoms with Gasteiger partial charge in [-0.25, -0.2) is 0 Å². The third-order valence-electron chi connectivity index (χ3n) is 3.10. The highest BCUT2D eigenvalue weighted by atomic mass is 15.3. The topological polar surface area (TPSA) is 44.9 Å². The van der Waals surface area contributed by atoms with Crippen LogP contribution in [0.2, 0.25) is 0 Å². The molecule has 16 heavy (non-hydrogen) atoms. The number of hydrogen-bond acceptors (Lipinski definition) is 3. The summed E-state index contributed by atoms with van der Waals surface area (Å²) in [5.74, 6) is 0.218. The van der Waals surface area contributed by atoms with E-state index in [0.29, 0.717) is 0 Å². The minimum Gasteiger partial charge on any atom is -0.298 e. The SMILES string of the molecule is CCn1cc(CN2CCCC(C#N)C2)cn1. The molecule has 86 valence electrons. The maximum Gasteiger partial charge on any atom is 0.0669 e. The molecule has 1 aliphatic rings. The van der Waals surface area contributed by atoms with E-state index >= 15 is 0 Å². The summed E-state index contributed by atoms with van der Waals surface area (Å²) in [6.45, 7) is 5.95. The number of aromatic nitrogens is 2. The average Bonchev–Trinajstić information content (AvgIpc) is 2.77. The standard InChI is InChI=1S/C12H18N4/c1-2-16-10-12(7-14-16)9-15-5-3-4-11(6-13)8-15/h7,10-11H,2-5,8-9H2,1H3. The molecule has 1 aromatic rings. The molecule has 1 fully saturated rings. The molecule has 1 atom stereocenters. The summed E-state index contributed by atoms with van der Waals surface area (Å²) in [5, 5.41) is 13.2. The number of rotatable bonds is 3. The van der Waals surface area contributed by atoms with E-state index in [9.17, 15) is 0 Å². The van der Waals surface area contributed by atoms with Gasteiger partial charge in [0, 0.05) is 31.4 Å². The summed E-state index contributed by atoms with van der Waals surface area (Å²) < 4.78 is 1.95. The van der Waals surface area contributed by atoms with Gasteiger partial charge in [0.05, 0.1) is 18.2 Å². The van der Waals surface area contributed by atoms with Crippen LogP contribution in [0.5, 0.6) is 0 Å². The monoisotopic (exact) mass is 218 g/mol. The average molecular weight is 218 g/mol. The van der Waals surface area contributed by atoms with E-state index in [-0.39, 0.29) is 5.92 Å². The molecule has 1 unspecified atom stereocenters. The molecule has 0 aliphatic carbocycles. The van der Waals surface area contributed by atoms with E-state index in [1.54, 1.807) is 0 Å². The highest BCUT2D eigenvalue weighted by molar-refractivity contribution is 5.04. The Morgan fingerprint density at radius 1 is 1.62 bits per heavy atom. The zero-order valence-electron chi connectivity index (χ0n) is 9.76. The largest absolute Gasteiger partial charge is 0.298 e. The maximum absolute atomic E-state index is 8.92. The van der Waals surface area contributed by atoms with Crippen LogP contribution in [0.25, 0.3) is 0 Å². The van der Waals surface area contributed by atoms with Crippen molar-refractivity contribution in [3.8, 4) is 6.07 Å². The molecule has 0 N–H and O–H groups in total. The quantitative estimate of drug-likeness (QED) is 0.774. The first-order valence-corrected chi connectivity index (χ1v) is 5.95. The number of aryl methyl sites for hydroxylation is 1. The first kappa shape index (κ1) is 11.2. The van der Waals surface area contributed by atoms with Crippen LogP contribution in [-0.4, -0.2) is 27.8 Å². The molecular weight excluding hydrogens is 200 g/mol. The van der Waals surface area contributed by atoms with Gasteiger partial charge in [0.15, 0.2) is 0 Å². The molecule has 2 heterocycles. The highest BCUT2D eigenvalue weighted by Gasteiger charge is 2.19. The minimum atomic E-state index is 0.218. The van der Waals surface area contributed by atoms with Crippen molar-refractivity contribution in [2.24, 2.45) is 5.92 Å². The molecule has 0 aromatic carbocycles. The minimum absolute atomic E-state index is 0.218. The summed E-state index contributed by atoms with van der Waals surface area (Å²) in [6, 6.07) is 2.37. The molecule has 4 heteroatoms. The zero-order chi connectivity index (χ0) is 11.4. The Labute approximate surface area is 96.5 Å². The van der Waals surface area contributed by atoms with Crippen LogP contribution in [0.1, 0.15) is 25.3 Å². The second kappa shape index (κ2) is 5.13. The van der Waals surface area contributed by atoms with Crippen LogP contribution >= 0.6 is 0 Å². The van der Waals surface area contributed by atoms with Crippen LogP contribution in [-0.2, 0) is 13.1 Å². The lowest BCUT2D eigenvalue weighted by Gasteiger charge is -2.28. The number of piperidine rings is 1. The van der Waals surface area contributed by atoms with Gasteiger partial charge >= 0.3 is 0 Å². The van der Waals surface area contributed by atoms with Gasteiger partial charge in [0.2, 0.25) is 0 Å². The van der Waals surface area contributed by atoms with Crippen molar-refractivity contribution >= 4 is 0 Å². The lowest BCUT2D eigenvalue weighted by Crippen LogP contribution is -2.34. The second-order valence-electron chi connectivity index (χ2n) is 4.41. The summed E-state index contributed by atoms with van der Waals surface area (Å²) >= 11 is 0. The van der Waals surface area contributed by atoms with Gasteiger partial charge in [-0.2, -0.15) is 10.4 Å². The molecule has 1 saturated heterocycles. The van der Waals surface area contributed by atoms with Gasteiger partial charge in [-0.3, -0.25) is 9.58 Å². The van der Waals surface area contributed by atoms with Crippen LogP contribution < -0.4 is 0 Å². The van der Waals surface area contributed by atoms with Crippen molar-refractivity contribution in [3.63, 3.8) is 0 Å². The number of hydrogen-bond donors (Lipinski definition) is 0. The van der Waals surface area contributed by atoms with Crippen LogP contribution in [0.15, 0.2) is 12.4 Å². The van der Waals surface area contributed by atoms with Gasteiger partial charge in [0.1, 0.15) is 0 Å². The third kappa shape index (κ3) is 2.61. The van der Waals surface area contributed by atoms with Crippen molar-refractivity contribution in [2.75, 3.05) is 13.1 Å². The molecule has 0 saturated carbocycles. The highest BCUT2D eigenvalue weighted by Crippen LogP contribution is 2.17. The van der Waals surface area contributed by atoms with E-state index in [1.165, 1.54) is 5.56 Å². The number of likely N-dealkylation sites (tertiary alicyclic amines) is 1. The smallest absolute Gasteiger partial charge is 0.0669 e. The molecule has 1 aliphatic heterocycles. The molecule has 2 rings (SSSR count). The molecule has 0 radical (unpaired) electrons. The van der Waals surface area contributed by atoms with E-state index in [2.05, 4.69) is 29.2 Å². The molecule has 4 nitrogen and oxygen atoms in total. The Hall–Kier alpha value is -1.34. The van der Waals surface area contributed by atoms with Gasteiger partial charge < -0.3 is 0 Å². The summed E-state index contributed by atoms with van der Waals surface area (Å²) in [4.78, 5) is 2.36. The lowest BCUT2D eigenvalue weighted by molar-refractivity contribution is 0.192. The van der Waals surface area contributed by atoms with Gasteiger partial charge in [0.25, 0.3) is 0 Å². The van der Waals surface area contributed by atoms with Crippen LogP contribution in [0.4, 0.5) is 0 Å². The third-order valence-corrected chi connectivity index (χ3v) is 3.10. The van der Waals surface area contributed by atoms with Crippen LogP contribution in [0, 0.1) is 17.2 Å². The Kier molecular flexibility index (Phi) is 3.58. The number of nitriles is 1. The van der Waals surface area contributed by atoms with Crippen molar-refractivity contribution in [2.45, 2.75) is 32.9 Å². The van der Waals surface area contributed by atoms with Crippen molar-refractivity contribution in [3.05, 3.63) is 18.0 Å². The Bertz CT molecular complexity index is 377. The molecule has 0 amide bonds. The lowest BCUT2D eigenvalue weighted by atomic mass is 9.99. The van der Waals surface area contributed by atoms with E-state index in [1.807, 2.05) is 10.9 Å². The van der Waals surface area contributed by atoms with Gasteiger partial charge in [-0.1, -0.05) is 0 Å². The Balaban J connectivity index is 1.91. The first-order chi connectivity index (χ1) is 7.81. The predicted octanol–water partition coefficient (Wildman–Crippen LogP) is 1.64. The summed E-state index contributed by atoms with van der Waals surface area (Å²) in [6.07, 6.45) is 6.22. The maximum atomic E-state index is 8.92. The molecule has 1 aromatic heterocycles. The fourth-order valence-corrected chi connectivity index (χ4v) is 2.22. The fourth-order valence-electron chi connectivity index (χ4n) is 2.22. The summed E-state index contributed by atoms with van der Waals surface area (Å²) in [5.41, 5.74) is 1.25. The van der Waals surface area contributed by atoms with Gasteiger partial charge in [-0.05, 0) is 26.3 Å². The van der Waals surface area contributed by atoms with Crippen molar-refractivity contribution in [1.29, 1.82) is 5.26 Å². The van der Waals surface area contributed by atoms with E-state index < -0.39 is 0 Å². The molecule has 0 spiro atoms. The summed E-state index contributed by atoms with van der Waals surface area (Å²) in [7, 11) is 0. The van der Waals surface area contributed by atoms with Crippen molar-refractivity contribution < 1.29 is 0 Å². The Morgan fingerprint density at radius 3 is 3.19 bits per heavy atom. The van der Waals surface area contributed by atoms with Crippen molar-refractivity contribution in [1.82, 2.24) is 14.7 Å². The zero-order valence-corrected chi connectivity index (χ0v) is 9.76. The number of nitrogens with zero attached hydrogens (tertiary/aromatic N) is 4. The van der Waals surface area contributed by atoms with Gasteiger partial charge in [-0.15, -0.1) is 0 Å². The Morgan fingerprint density at radius 2 is 2.50 bits per heavy atom. The van der Waals surface area contributed by atoms with Crippen LogP contribution in [0.3, 0.4) is 0 Å². The van der Waals surface area contributed by atoms with E-state index in [0.717, 1.165) is 39.0 Å². The fraction of sp³-hybridized carbons (Fsp3) is 0.667. The first-order valence-electron chi connectivity index (χ1n) is 5.95. The molecular formula is C12H18N4. The second-order valence-corrected chi connectivity index (χ2v) is 4.41. The predicted molar refractivity (Wildman–Crippen MR) is 61.5 cm³/mol.